The topological polar surface area (TPSA) is 51.0 Å². The number of hydrogen-bond acceptors (Lipinski definition) is 2. The van der Waals surface area contributed by atoms with Gasteiger partial charge in [0.1, 0.15) is 0 Å². The molecule has 0 bridgehead atoms. The molecule has 0 spiro atoms. The average molecular weight is 204 g/mol. The van der Waals surface area contributed by atoms with Crippen LogP contribution in [0, 0.1) is 0 Å². The van der Waals surface area contributed by atoms with Crippen molar-refractivity contribution in [3.05, 3.63) is 30.0 Å². The van der Waals surface area contributed by atoms with Gasteiger partial charge in [-0.3, -0.25) is 0 Å². The van der Waals surface area contributed by atoms with Gasteiger partial charge in [-0.2, -0.15) is 0 Å². The van der Waals surface area contributed by atoms with E-state index in [0.717, 1.165) is 11.2 Å². The summed E-state index contributed by atoms with van der Waals surface area (Å²) in [6, 6.07) is 5.88. The molecule has 0 radical (unpaired) electrons. The molecule has 0 fully saturated rings. The molecular formula is C12H16N2O. The molecule has 3 heteroatoms. The van der Waals surface area contributed by atoms with Gasteiger partial charge in [-0.1, -0.05) is 6.07 Å². The summed E-state index contributed by atoms with van der Waals surface area (Å²) in [4.78, 5) is 3.19. The average Bonchev–Trinajstić information content (AvgIpc) is 2.57. The first-order valence-electron chi connectivity index (χ1n) is 5.14. The monoisotopic (exact) mass is 204 g/mol. The van der Waals surface area contributed by atoms with Crippen molar-refractivity contribution in [2.45, 2.75) is 26.6 Å². The summed E-state index contributed by atoms with van der Waals surface area (Å²) in [6.45, 7) is 4.71. The summed E-state index contributed by atoms with van der Waals surface area (Å²) >= 11 is 0. The second-order valence-corrected chi connectivity index (χ2v) is 3.98. The Morgan fingerprint density at radius 2 is 2.20 bits per heavy atom. The van der Waals surface area contributed by atoms with Crippen LogP contribution < -0.4 is 5.73 Å². The van der Waals surface area contributed by atoms with Gasteiger partial charge in [0.05, 0.1) is 12.7 Å². The van der Waals surface area contributed by atoms with E-state index in [9.17, 15) is 0 Å². The summed E-state index contributed by atoms with van der Waals surface area (Å²) in [5.41, 5.74) is 8.73. The minimum Gasteiger partial charge on any atom is -0.399 e. The second-order valence-electron chi connectivity index (χ2n) is 3.98. The predicted molar refractivity (Wildman–Crippen MR) is 62.6 cm³/mol. The number of nitrogens with two attached hydrogens (primary N) is 1. The summed E-state index contributed by atoms with van der Waals surface area (Å²) in [7, 11) is 0. The molecule has 3 nitrogen and oxygen atoms in total. The van der Waals surface area contributed by atoms with Crippen LogP contribution in [0.25, 0.3) is 10.9 Å². The second kappa shape index (κ2) is 3.95. The summed E-state index contributed by atoms with van der Waals surface area (Å²) in [6.07, 6.45) is 2.23. The van der Waals surface area contributed by atoms with E-state index in [1.54, 1.807) is 0 Å². The van der Waals surface area contributed by atoms with Crippen LogP contribution in [0.3, 0.4) is 0 Å². The molecule has 1 heterocycles. The maximum Gasteiger partial charge on any atom is 0.0741 e. The fourth-order valence-corrected chi connectivity index (χ4v) is 1.58. The van der Waals surface area contributed by atoms with E-state index < -0.39 is 0 Å². The van der Waals surface area contributed by atoms with Crippen molar-refractivity contribution in [2.24, 2.45) is 0 Å². The van der Waals surface area contributed by atoms with Crippen LogP contribution in [-0.2, 0) is 11.3 Å². The molecule has 0 aliphatic rings. The van der Waals surface area contributed by atoms with Gasteiger partial charge < -0.3 is 15.5 Å². The number of H-pyrrole nitrogens is 1. The SMILES string of the molecule is CC(C)OCc1c[nH]c2cc(N)ccc12. The van der Waals surface area contributed by atoms with E-state index in [1.807, 2.05) is 38.2 Å². The molecule has 0 atom stereocenters. The van der Waals surface area contributed by atoms with E-state index in [-0.39, 0.29) is 6.10 Å². The predicted octanol–water partition coefficient (Wildman–Crippen LogP) is 2.68. The smallest absolute Gasteiger partial charge is 0.0741 e. The summed E-state index contributed by atoms with van der Waals surface area (Å²) in [5.74, 6) is 0. The zero-order valence-electron chi connectivity index (χ0n) is 9.08. The van der Waals surface area contributed by atoms with E-state index in [1.165, 1.54) is 10.9 Å². The zero-order chi connectivity index (χ0) is 10.8. The van der Waals surface area contributed by atoms with Crippen LogP contribution in [0.1, 0.15) is 19.4 Å². The molecule has 1 aromatic heterocycles. The Balaban J connectivity index is 2.29. The Morgan fingerprint density at radius 3 is 2.93 bits per heavy atom. The first kappa shape index (κ1) is 10.1. The van der Waals surface area contributed by atoms with Gasteiger partial charge in [-0.15, -0.1) is 0 Å². The van der Waals surface area contributed by atoms with E-state index >= 15 is 0 Å². The largest absolute Gasteiger partial charge is 0.399 e. The van der Waals surface area contributed by atoms with Crippen molar-refractivity contribution in [1.29, 1.82) is 0 Å². The molecule has 2 aromatic rings. The number of aromatic nitrogens is 1. The van der Waals surface area contributed by atoms with Crippen molar-refractivity contribution in [3.63, 3.8) is 0 Å². The fourth-order valence-electron chi connectivity index (χ4n) is 1.58. The molecule has 2 rings (SSSR count). The Labute approximate surface area is 89.2 Å². The van der Waals surface area contributed by atoms with Crippen molar-refractivity contribution in [3.8, 4) is 0 Å². The summed E-state index contributed by atoms with van der Waals surface area (Å²) < 4.78 is 5.57. The number of benzene rings is 1. The van der Waals surface area contributed by atoms with Crippen LogP contribution >= 0.6 is 0 Å². The Morgan fingerprint density at radius 1 is 1.40 bits per heavy atom. The van der Waals surface area contributed by atoms with E-state index in [0.29, 0.717) is 6.61 Å². The molecule has 3 N–H and O–H groups in total. The molecule has 80 valence electrons. The maximum absolute atomic E-state index is 5.70. The molecule has 1 aromatic carbocycles. The Bertz CT molecular complexity index is 460. The number of fused-ring (bicyclic) bond motifs is 1. The zero-order valence-corrected chi connectivity index (χ0v) is 9.08. The number of hydrogen-bond donors (Lipinski definition) is 2. The lowest BCUT2D eigenvalue weighted by atomic mass is 10.2. The first-order chi connectivity index (χ1) is 7.16. The summed E-state index contributed by atoms with van der Waals surface area (Å²) in [5, 5.41) is 1.19. The quantitative estimate of drug-likeness (QED) is 0.755. The maximum atomic E-state index is 5.70. The standard InChI is InChI=1S/C12H16N2O/c1-8(2)15-7-9-6-14-12-5-10(13)3-4-11(9)12/h3-6,8,14H,7,13H2,1-2H3. The highest BCUT2D eigenvalue weighted by Crippen LogP contribution is 2.21. The number of anilines is 1. The van der Waals surface area contributed by atoms with Gasteiger partial charge in [-0.25, -0.2) is 0 Å². The normalized spacial score (nSPS) is 11.4. The number of rotatable bonds is 3. The third kappa shape index (κ3) is 2.13. The lowest BCUT2D eigenvalue weighted by Crippen LogP contribution is -2.01. The highest BCUT2D eigenvalue weighted by Gasteiger charge is 2.04. The van der Waals surface area contributed by atoms with Gasteiger partial charge in [0, 0.05) is 28.4 Å². The molecule has 0 aliphatic heterocycles. The van der Waals surface area contributed by atoms with E-state index in [4.69, 9.17) is 10.5 Å². The van der Waals surface area contributed by atoms with Gasteiger partial charge in [0.15, 0.2) is 0 Å². The lowest BCUT2D eigenvalue weighted by Gasteiger charge is -2.06. The van der Waals surface area contributed by atoms with Gasteiger partial charge in [-0.05, 0) is 26.0 Å². The number of nitrogen functional groups attached to an aromatic ring is 1. The molecule has 0 aliphatic carbocycles. The van der Waals surface area contributed by atoms with Crippen molar-refractivity contribution in [2.75, 3.05) is 5.73 Å². The van der Waals surface area contributed by atoms with Crippen LogP contribution in [-0.4, -0.2) is 11.1 Å². The van der Waals surface area contributed by atoms with Crippen molar-refractivity contribution in [1.82, 2.24) is 4.98 Å². The minimum absolute atomic E-state index is 0.253. The van der Waals surface area contributed by atoms with E-state index in [2.05, 4.69) is 4.98 Å². The third-order valence-corrected chi connectivity index (χ3v) is 2.36. The highest BCUT2D eigenvalue weighted by atomic mass is 16.5. The van der Waals surface area contributed by atoms with Gasteiger partial charge >= 0.3 is 0 Å². The van der Waals surface area contributed by atoms with Crippen molar-refractivity contribution >= 4 is 16.6 Å². The van der Waals surface area contributed by atoms with Crippen molar-refractivity contribution < 1.29 is 4.74 Å². The molecule has 0 amide bonds. The van der Waals surface area contributed by atoms with Gasteiger partial charge in [0.25, 0.3) is 0 Å². The molecule has 0 saturated heterocycles. The number of nitrogens with one attached hydrogen (secondary N) is 1. The Kier molecular flexibility index (Phi) is 2.64. The molecular weight excluding hydrogens is 188 g/mol. The highest BCUT2D eigenvalue weighted by molar-refractivity contribution is 5.85. The van der Waals surface area contributed by atoms with Crippen LogP contribution in [0.15, 0.2) is 24.4 Å². The number of ether oxygens (including phenoxy) is 1. The van der Waals surface area contributed by atoms with Crippen LogP contribution in [0.4, 0.5) is 5.69 Å². The van der Waals surface area contributed by atoms with Crippen LogP contribution in [0.5, 0.6) is 0 Å². The number of aromatic amines is 1. The molecule has 0 saturated carbocycles. The minimum atomic E-state index is 0.253. The third-order valence-electron chi connectivity index (χ3n) is 2.36. The van der Waals surface area contributed by atoms with Gasteiger partial charge in [0.2, 0.25) is 0 Å². The Hall–Kier alpha value is -1.48. The first-order valence-corrected chi connectivity index (χ1v) is 5.14. The molecule has 15 heavy (non-hydrogen) atoms. The van der Waals surface area contributed by atoms with Crippen LogP contribution in [0.2, 0.25) is 0 Å². The molecule has 0 unspecified atom stereocenters. The lowest BCUT2D eigenvalue weighted by molar-refractivity contribution is 0.0664. The fraction of sp³-hybridized carbons (Fsp3) is 0.333.